The van der Waals surface area contributed by atoms with Crippen LogP contribution in [-0.4, -0.2) is 22.8 Å². The van der Waals surface area contributed by atoms with E-state index in [-0.39, 0.29) is 29.6 Å². The fourth-order valence-corrected chi connectivity index (χ4v) is 5.30. The highest BCUT2D eigenvalue weighted by Gasteiger charge is 2.59. The first-order chi connectivity index (χ1) is 17.6. The van der Waals surface area contributed by atoms with E-state index >= 15 is 0 Å². The first-order valence-corrected chi connectivity index (χ1v) is 12.1. The summed E-state index contributed by atoms with van der Waals surface area (Å²) in [6, 6.07) is 21.0. The number of Topliss-reactive ketones (excluding diaryl/α,β-unsaturated/α-hetero) is 1. The molecule has 3 aliphatic rings. The Kier molecular flexibility index (Phi) is 4.70. The average Bonchev–Trinajstić information content (AvgIpc) is 3.23. The molecule has 36 heavy (non-hydrogen) atoms. The molecular formula is C29H22N2O5. The van der Waals surface area contributed by atoms with Crippen LogP contribution in [0, 0.1) is 5.92 Å². The minimum Gasteiger partial charge on any atom is -0.489 e. The van der Waals surface area contributed by atoms with Gasteiger partial charge in [0.25, 0.3) is 0 Å². The molecule has 1 saturated carbocycles. The molecule has 0 bridgehead atoms. The lowest BCUT2D eigenvalue weighted by molar-refractivity contribution is -0.116. The Labute approximate surface area is 207 Å². The van der Waals surface area contributed by atoms with Gasteiger partial charge in [-0.15, -0.1) is 0 Å². The zero-order valence-corrected chi connectivity index (χ0v) is 19.3. The highest BCUT2D eigenvalue weighted by atomic mass is 16.5. The van der Waals surface area contributed by atoms with Crippen molar-refractivity contribution < 1.29 is 23.5 Å². The van der Waals surface area contributed by atoms with E-state index in [9.17, 15) is 9.59 Å². The molecule has 0 saturated heterocycles. The number of ether oxygens (including phenoxy) is 2. The molecule has 4 heterocycles. The van der Waals surface area contributed by atoms with E-state index in [2.05, 4.69) is 10.3 Å². The van der Waals surface area contributed by atoms with Gasteiger partial charge in [0.1, 0.15) is 34.9 Å². The maximum Gasteiger partial charge on any atom is 0.225 e. The van der Waals surface area contributed by atoms with Crippen molar-refractivity contribution in [1.29, 1.82) is 0 Å². The van der Waals surface area contributed by atoms with Crippen LogP contribution >= 0.6 is 0 Å². The summed E-state index contributed by atoms with van der Waals surface area (Å²) in [5, 5.41) is 2.80. The van der Waals surface area contributed by atoms with Crippen LogP contribution in [0.25, 0.3) is 11.3 Å². The first-order valence-electron chi connectivity index (χ1n) is 12.1. The molecule has 7 nitrogen and oxygen atoms in total. The fourth-order valence-electron chi connectivity index (χ4n) is 5.30. The summed E-state index contributed by atoms with van der Waals surface area (Å²) < 4.78 is 18.2. The molecule has 2 aromatic heterocycles. The number of pyridine rings is 1. The molecule has 0 spiro atoms. The number of carbonyl (C=O) groups is 2. The summed E-state index contributed by atoms with van der Waals surface area (Å²) in [6.07, 6.45) is 3.01. The third-order valence-electron chi connectivity index (χ3n) is 7.16. The maximum atomic E-state index is 12.9. The van der Waals surface area contributed by atoms with Crippen molar-refractivity contribution in [1.82, 2.24) is 4.98 Å². The van der Waals surface area contributed by atoms with E-state index < -0.39 is 0 Å². The van der Waals surface area contributed by atoms with E-state index in [1.165, 1.54) is 0 Å². The Hall–Kier alpha value is -4.39. The number of hydrogen-bond donors (Lipinski definition) is 1. The molecule has 7 rings (SSSR count). The van der Waals surface area contributed by atoms with Gasteiger partial charge in [0.15, 0.2) is 11.5 Å². The van der Waals surface area contributed by atoms with Gasteiger partial charge in [-0.3, -0.25) is 9.59 Å². The van der Waals surface area contributed by atoms with Gasteiger partial charge in [-0.2, -0.15) is 0 Å². The van der Waals surface area contributed by atoms with Crippen LogP contribution in [0.1, 0.15) is 40.4 Å². The molecule has 0 unspecified atom stereocenters. The Morgan fingerprint density at radius 2 is 1.94 bits per heavy atom. The van der Waals surface area contributed by atoms with Gasteiger partial charge in [-0.05, 0) is 42.8 Å². The standard InChI is InChI=1S/C29H22N2O5/c32-21(25-10-9-22(35-25)16-4-2-1-3-5-16)15-20-27-19-14-17(6-8-23(19)36-28(20)27)34-24-12-13-30-29-18(24)7-11-26(33)31-29/h1-6,8-10,12-14,20,27-28H,7,11,15H2,(H,30,31,33)/t20-,27-,28+/m0/s1. The SMILES string of the molecule is O=C1CCc2c(Oc3ccc4c(c3)[C@H]3[C@H](CC(=O)c5ccc(-c6ccccc6)o5)[C@H]3O4)ccnc2N1. The summed E-state index contributed by atoms with van der Waals surface area (Å²) in [4.78, 5) is 28.9. The van der Waals surface area contributed by atoms with E-state index in [4.69, 9.17) is 13.9 Å². The molecule has 0 radical (unpaired) electrons. The summed E-state index contributed by atoms with van der Waals surface area (Å²) >= 11 is 0. The van der Waals surface area contributed by atoms with Crippen molar-refractivity contribution in [3.05, 3.63) is 89.8 Å². The van der Waals surface area contributed by atoms with E-state index in [0.717, 1.165) is 22.4 Å². The van der Waals surface area contributed by atoms with Crippen LogP contribution in [0.2, 0.25) is 0 Å². The second-order valence-electron chi connectivity index (χ2n) is 9.42. The van der Waals surface area contributed by atoms with Crippen molar-refractivity contribution >= 4 is 17.5 Å². The molecule has 1 amide bonds. The monoisotopic (exact) mass is 478 g/mol. The lowest BCUT2D eigenvalue weighted by Gasteiger charge is -2.19. The van der Waals surface area contributed by atoms with E-state index in [0.29, 0.717) is 48.1 Å². The smallest absolute Gasteiger partial charge is 0.225 e. The van der Waals surface area contributed by atoms with Gasteiger partial charge in [-0.1, -0.05) is 30.3 Å². The predicted molar refractivity (Wildman–Crippen MR) is 131 cm³/mol. The summed E-state index contributed by atoms with van der Waals surface area (Å²) in [7, 11) is 0. The third-order valence-corrected chi connectivity index (χ3v) is 7.16. The predicted octanol–water partition coefficient (Wildman–Crippen LogP) is 5.77. The number of benzene rings is 2. The van der Waals surface area contributed by atoms with Crippen LogP contribution in [0.4, 0.5) is 5.82 Å². The number of amides is 1. The van der Waals surface area contributed by atoms with Gasteiger partial charge in [0.2, 0.25) is 5.91 Å². The molecule has 1 N–H and O–H groups in total. The summed E-state index contributed by atoms with van der Waals surface area (Å²) in [5.74, 6) is 4.09. The number of furan rings is 1. The van der Waals surface area contributed by atoms with Crippen molar-refractivity contribution in [2.24, 2.45) is 5.92 Å². The number of aromatic nitrogens is 1. The lowest BCUT2D eigenvalue weighted by atomic mass is 10.0. The fraction of sp³-hybridized carbons (Fsp3) is 0.207. The Morgan fingerprint density at radius 3 is 2.83 bits per heavy atom. The number of rotatable bonds is 6. The van der Waals surface area contributed by atoms with Crippen LogP contribution in [0.5, 0.6) is 17.2 Å². The van der Waals surface area contributed by atoms with Crippen LogP contribution < -0.4 is 14.8 Å². The molecule has 2 aliphatic heterocycles. The van der Waals surface area contributed by atoms with Crippen LogP contribution in [-0.2, 0) is 11.2 Å². The second kappa shape index (κ2) is 8.09. The molecular weight excluding hydrogens is 456 g/mol. The minimum atomic E-state index is -0.0342. The van der Waals surface area contributed by atoms with Gasteiger partial charge in [-0.25, -0.2) is 4.98 Å². The zero-order valence-electron chi connectivity index (χ0n) is 19.3. The summed E-state index contributed by atoms with van der Waals surface area (Å²) in [5.41, 5.74) is 2.91. The Morgan fingerprint density at radius 1 is 1.06 bits per heavy atom. The molecule has 2 aromatic carbocycles. The van der Waals surface area contributed by atoms with Crippen LogP contribution in [0.15, 0.2) is 77.3 Å². The van der Waals surface area contributed by atoms with Gasteiger partial charge < -0.3 is 19.2 Å². The molecule has 3 atom stereocenters. The van der Waals surface area contributed by atoms with Gasteiger partial charge in [0, 0.05) is 47.6 Å². The van der Waals surface area contributed by atoms with E-state index in [1.807, 2.05) is 60.7 Å². The number of ketones is 1. The van der Waals surface area contributed by atoms with Crippen LogP contribution in [0.3, 0.4) is 0 Å². The average molecular weight is 479 g/mol. The van der Waals surface area contributed by atoms with Gasteiger partial charge >= 0.3 is 0 Å². The minimum absolute atomic E-state index is 0.00616. The third kappa shape index (κ3) is 3.55. The first kappa shape index (κ1) is 20.9. The number of fused-ring (bicyclic) bond motifs is 4. The Balaban J connectivity index is 1.06. The Bertz CT molecular complexity index is 1510. The van der Waals surface area contributed by atoms with Crippen molar-refractivity contribution in [2.45, 2.75) is 31.3 Å². The summed E-state index contributed by atoms with van der Waals surface area (Å²) in [6.45, 7) is 0. The molecule has 1 fully saturated rings. The van der Waals surface area contributed by atoms with E-state index in [1.54, 1.807) is 12.3 Å². The van der Waals surface area contributed by atoms with Gasteiger partial charge in [0.05, 0.1) is 0 Å². The number of carbonyl (C=O) groups excluding carboxylic acids is 2. The molecule has 7 heteroatoms. The normalized spacial score (nSPS) is 21.0. The highest BCUT2D eigenvalue weighted by Crippen LogP contribution is 2.60. The quantitative estimate of drug-likeness (QED) is 0.354. The van der Waals surface area contributed by atoms with Crippen molar-refractivity contribution in [2.75, 3.05) is 5.32 Å². The van der Waals surface area contributed by atoms with Crippen molar-refractivity contribution in [3.63, 3.8) is 0 Å². The molecule has 178 valence electrons. The molecule has 1 aliphatic carbocycles. The largest absolute Gasteiger partial charge is 0.489 e. The maximum absolute atomic E-state index is 12.9. The second-order valence-corrected chi connectivity index (χ2v) is 9.42. The number of nitrogens with one attached hydrogen (secondary N) is 1. The number of nitrogens with zero attached hydrogens (tertiary/aromatic N) is 1. The van der Waals surface area contributed by atoms with Crippen molar-refractivity contribution in [3.8, 4) is 28.6 Å². The molecule has 4 aromatic rings. The highest BCUT2D eigenvalue weighted by molar-refractivity contribution is 5.95. The lowest BCUT2D eigenvalue weighted by Crippen LogP contribution is -2.20. The number of anilines is 1. The topological polar surface area (TPSA) is 90.7 Å². The zero-order chi connectivity index (χ0) is 24.2. The number of hydrogen-bond acceptors (Lipinski definition) is 6.